The van der Waals surface area contributed by atoms with Gasteiger partial charge >= 0.3 is 5.97 Å². The lowest BCUT2D eigenvalue weighted by Crippen LogP contribution is -2.16. The van der Waals surface area contributed by atoms with Crippen LogP contribution in [0.3, 0.4) is 0 Å². The Hall–Kier alpha value is -2.67. The number of rotatable bonds is 4. The van der Waals surface area contributed by atoms with Gasteiger partial charge in [-0.2, -0.15) is 0 Å². The van der Waals surface area contributed by atoms with Crippen molar-refractivity contribution < 1.29 is 14.3 Å². The van der Waals surface area contributed by atoms with Crippen LogP contribution in [0.15, 0.2) is 36.7 Å². The highest BCUT2D eigenvalue weighted by atomic mass is 32.1. The number of anilines is 1. The molecule has 3 heterocycles. The molecule has 7 heteroatoms. The molecule has 0 bridgehead atoms. The number of esters is 1. The summed E-state index contributed by atoms with van der Waals surface area (Å²) in [5, 5.41) is 3.27. The summed E-state index contributed by atoms with van der Waals surface area (Å²) in [5.74, 6) is -0.683. The van der Waals surface area contributed by atoms with E-state index in [0.717, 1.165) is 10.5 Å². The summed E-state index contributed by atoms with van der Waals surface area (Å²) in [6.45, 7) is 1.87. The van der Waals surface area contributed by atoms with E-state index < -0.39 is 5.97 Å². The molecule has 0 unspecified atom stereocenters. The zero-order valence-electron chi connectivity index (χ0n) is 12.7. The number of carbonyl (C=O) groups is 2. The highest BCUT2D eigenvalue weighted by Crippen LogP contribution is 2.28. The first-order valence-corrected chi connectivity index (χ1v) is 7.79. The van der Waals surface area contributed by atoms with Gasteiger partial charge in [0.1, 0.15) is 10.6 Å². The van der Waals surface area contributed by atoms with Crippen LogP contribution in [0.4, 0.5) is 5.00 Å². The monoisotopic (exact) mass is 329 g/mol. The average Bonchev–Trinajstić information content (AvgIpc) is 3.08. The minimum absolute atomic E-state index is 0.138. The molecule has 118 valence electrons. The smallest absolute Gasteiger partial charge is 0.340 e. The van der Waals surface area contributed by atoms with Gasteiger partial charge in [-0.15, -0.1) is 11.3 Å². The van der Waals surface area contributed by atoms with Gasteiger partial charge in [-0.05, 0) is 25.1 Å². The van der Waals surface area contributed by atoms with Gasteiger partial charge in [-0.25, -0.2) is 9.78 Å². The maximum absolute atomic E-state index is 12.2. The number of ether oxygens (including phenoxy) is 1. The van der Waals surface area contributed by atoms with Crippen molar-refractivity contribution in [2.75, 3.05) is 12.4 Å². The number of hydrogen-bond donors (Lipinski definition) is 1. The van der Waals surface area contributed by atoms with Crippen LogP contribution in [-0.2, 0) is 16.0 Å². The van der Waals surface area contributed by atoms with E-state index in [1.165, 1.54) is 18.4 Å². The Morgan fingerprint density at radius 3 is 2.96 bits per heavy atom. The van der Waals surface area contributed by atoms with Gasteiger partial charge in [0.05, 0.1) is 24.8 Å². The Bertz CT molecular complexity index is 849. The van der Waals surface area contributed by atoms with Crippen molar-refractivity contribution in [3.63, 3.8) is 0 Å². The first-order valence-electron chi connectivity index (χ1n) is 6.98. The lowest BCUT2D eigenvalue weighted by atomic mass is 10.3. The van der Waals surface area contributed by atoms with Crippen LogP contribution in [0.2, 0.25) is 0 Å². The minimum atomic E-state index is -0.461. The fourth-order valence-electron chi connectivity index (χ4n) is 2.28. The van der Waals surface area contributed by atoms with E-state index in [-0.39, 0.29) is 12.3 Å². The molecule has 0 spiro atoms. The molecule has 0 radical (unpaired) electrons. The van der Waals surface area contributed by atoms with Gasteiger partial charge < -0.3 is 14.5 Å². The molecule has 1 amide bonds. The van der Waals surface area contributed by atoms with E-state index in [4.69, 9.17) is 4.74 Å². The zero-order valence-corrected chi connectivity index (χ0v) is 13.5. The van der Waals surface area contributed by atoms with Crippen LogP contribution >= 0.6 is 11.3 Å². The molecule has 1 N–H and O–H groups in total. The Morgan fingerprint density at radius 1 is 1.39 bits per heavy atom. The molecule has 3 aromatic rings. The number of methoxy groups -OCH3 is 1. The summed E-state index contributed by atoms with van der Waals surface area (Å²) < 4.78 is 6.59. The molecule has 6 nitrogen and oxygen atoms in total. The number of pyridine rings is 1. The van der Waals surface area contributed by atoms with Crippen molar-refractivity contribution in [2.24, 2.45) is 0 Å². The van der Waals surface area contributed by atoms with Crippen LogP contribution in [0.5, 0.6) is 0 Å². The molecule has 0 saturated heterocycles. The Kier molecular flexibility index (Phi) is 4.12. The molecule has 0 aliphatic rings. The number of hydrogen-bond acceptors (Lipinski definition) is 5. The molecule has 0 fully saturated rings. The van der Waals surface area contributed by atoms with Gasteiger partial charge in [0.25, 0.3) is 0 Å². The average molecular weight is 329 g/mol. The number of aryl methyl sites for hydroxylation is 1. The SMILES string of the molecule is COC(=O)c1cc(C)sc1NC(=O)Cc1cn2ccccc2n1. The topological polar surface area (TPSA) is 72.7 Å². The number of imidazole rings is 1. The number of aromatic nitrogens is 2. The molecular weight excluding hydrogens is 314 g/mol. The van der Waals surface area contributed by atoms with Crippen LogP contribution in [0.1, 0.15) is 20.9 Å². The van der Waals surface area contributed by atoms with Crippen LogP contribution < -0.4 is 5.32 Å². The predicted octanol–water partition coefficient (Wildman–Crippen LogP) is 2.67. The summed E-state index contributed by atoms with van der Waals surface area (Å²) in [4.78, 5) is 29.3. The fourth-order valence-corrected chi connectivity index (χ4v) is 3.19. The van der Waals surface area contributed by atoms with Gasteiger partial charge in [-0.3, -0.25) is 4.79 Å². The van der Waals surface area contributed by atoms with Crippen LogP contribution in [0, 0.1) is 6.92 Å². The Balaban J connectivity index is 1.76. The van der Waals surface area contributed by atoms with E-state index >= 15 is 0 Å². The zero-order chi connectivity index (χ0) is 16.4. The van der Waals surface area contributed by atoms with Gasteiger partial charge in [0.2, 0.25) is 5.91 Å². The molecule has 3 rings (SSSR count). The molecule has 0 atom stereocenters. The lowest BCUT2D eigenvalue weighted by Gasteiger charge is -2.04. The predicted molar refractivity (Wildman–Crippen MR) is 87.9 cm³/mol. The van der Waals surface area contributed by atoms with E-state index in [1.54, 1.807) is 6.07 Å². The summed E-state index contributed by atoms with van der Waals surface area (Å²) in [5.41, 5.74) is 1.83. The second-order valence-electron chi connectivity index (χ2n) is 5.01. The number of nitrogens with zero attached hydrogens (tertiary/aromatic N) is 2. The van der Waals surface area contributed by atoms with Crippen molar-refractivity contribution in [3.05, 3.63) is 52.8 Å². The van der Waals surface area contributed by atoms with Crippen LogP contribution in [-0.4, -0.2) is 28.4 Å². The standard InChI is InChI=1S/C16H15N3O3S/c1-10-7-12(16(21)22-2)15(23-10)18-14(20)8-11-9-19-6-4-3-5-13(19)17-11/h3-7,9H,8H2,1-2H3,(H,18,20). The van der Waals surface area contributed by atoms with Gasteiger partial charge in [0.15, 0.2) is 0 Å². The Labute approximate surface area is 136 Å². The molecule has 3 aromatic heterocycles. The number of fused-ring (bicyclic) bond motifs is 1. The fraction of sp³-hybridized carbons (Fsp3) is 0.188. The summed E-state index contributed by atoms with van der Waals surface area (Å²) in [6, 6.07) is 7.37. The first kappa shape index (κ1) is 15.2. The molecule has 0 aliphatic heterocycles. The Morgan fingerprint density at radius 2 is 2.22 bits per heavy atom. The largest absolute Gasteiger partial charge is 0.465 e. The van der Waals surface area contributed by atoms with Crippen molar-refractivity contribution in [1.29, 1.82) is 0 Å². The van der Waals surface area contributed by atoms with E-state index in [1.807, 2.05) is 41.9 Å². The number of thiophene rings is 1. The van der Waals surface area contributed by atoms with Crippen molar-refractivity contribution in [1.82, 2.24) is 9.38 Å². The van der Waals surface area contributed by atoms with Gasteiger partial charge in [0, 0.05) is 17.3 Å². The number of nitrogens with one attached hydrogen (secondary N) is 1. The summed E-state index contributed by atoms with van der Waals surface area (Å²) >= 11 is 1.34. The van der Waals surface area contributed by atoms with Crippen molar-refractivity contribution in [2.45, 2.75) is 13.3 Å². The third kappa shape index (κ3) is 3.24. The number of carbonyl (C=O) groups excluding carboxylic acids is 2. The van der Waals surface area contributed by atoms with Crippen molar-refractivity contribution >= 4 is 33.9 Å². The minimum Gasteiger partial charge on any atom is -0.465 e. The second-order valence-corrected chi connectivity index (χ2v) is 6.27. The van der Waals surface area contributed by atoms with Gasteiger partial charge in [-0.1, -0.05) is 6.07 Å². The van der Waals surface area contributed by atoms with Crippen molar-refractivity contribution in [3.8, 4) is 0 Å². The third-order valence-electron chi connectivity index (χ3n) is 3.27. The van der Waals surface area contributed by atoms with E-state index in [9.17, 15) is 9.59 Å². The van der Waals surface area contributed by atoms with E-state index in [0.29, 0.717) is 16.3 Å². The highest BCUT2D eigenvalue weighted by Gasteiger charge is 2.18. The molecule has 23 heavy (non-hydrogen) atoms. The maximum Gasteiger partial charge on any atom is 0.340 e. The first-order chi connectivity index (χ1) is 11.1. The maximum atomic E-state index is 12.2. The lowest BCUT2D eigenvalue weighted by molar-refractivity contribution is -0.115. The summed E-state index contributed by atoms with van der Waals surface area (Å²) in [6.07, 6.45) is 3.83. The molecule has 0 aliphatic carbocycles. The summed E-state index contributed by atoms with van der Waals surface area (Å²) in [7, 11) is 1.32. The quantitative estimate of drug-likeness (QED) is 0.747. The second kappa shape index (κ2) is 6.21. The number of amides is 1. The van der Waals surface area contributed by atoms with E-state index in [2.05, 4.69) is 10.3 Å². The molecular formula is C16H15N3O3S. The molecule has 0 saturated carbocycles. The third-order valence-corrected chi connectivity index (χ3v) is 4.24. The van der Waals surface area contributed by atoms with Crippen LogP contribution in [0.25, 0.3) is 5.65 Å². The highest BCUT2D eigenvalue weighted by molar-refractivity contribution is 7.16. The molecule has 0 aromatic carbocycles. The normalized spacial score (nSPS) is 10.7.